The second-order valence-electron chi connectivity index (χ2n) is 6.22. The van der Waals surface area contributed by atoms with Crippen molar-refractivity contribution in [1.82, 2.24) is 9.88 Å². The summed E-state index contributed by atoms with van der Waals surface area (Å²) < 4.78 is 44.3. The normalized spacial score (nSPS) is 17.2. The molecule has 1 aliphatic heterocycles. The summed E-state index contributed by atoms with van der Waals surface area (Å²) >= 11 is 0. The Morgan fingerprint density at radius 3 is 2.74 bits per heavy atom. The van der Waals surface area contributed by atoms with Crippen molar-refractivity contribution in [1.29, 1.82) is 0 Å². The van der Waals surface area contributed by atoms with Gasteiger partial charge in [0.2, 0.25) is 5.88 Å². The minimum Gasteiger partial charge on any atom is -0.439 e. The molecule has 0 bridgehead atoms. The van der Waals surface area contributed by atoms with Gasteiger partial charge in [-0.25, -0.2) is 4.98 Å². The monoisotopic (exact) mass is 381 g/mol. The number of alkyl halides is 3. The van der Waals surface area contributed by atoms with E-state index in [9.17, 15) is 23.1 Å². The maximum absolute atomic E-state index is 13.0. The number of likely N-dealkylation sites (tertiary alicyclic amines) is 1. The van der Waals surface area contributed by atoms with Crippen LogP contribution in [0.15, 0.2) is 36.4 Å². The summed E-state index contributed by atoms with van der Waals surface area (Å²) in [5, 5.41) is 9.56. The highest BCUT2D eigenvalue weighted by atomic mass is 19.4. The molecular weight excluding hydrogens is 363 g/mol. The predicted molar refractivity (Wildman–Crippen MR) is 90.2 cm³/mol. The number of ether oxygens (including phenoxy) is 1. The van der Waals surface area contributed by atoms with Gasteiger partial charge in [0.25, 0.3) is 5.91 Å². The number of hydrogen-bond donors (Lipinski definition) is 2. The van der Waals surface area contributed by atoms with Crippen molar-refractivity contribution in [3.05, 3.63) is 53.2 Å². The molecule has 0 saturated carbocycles. The lowest BCUT2D eigenvalue weighted by molar-refractivity contribution is -0.141. The van der Waals surface area contributed by atoms with Crippen LogP contribution in [0.5, 0.6) is 11.6 Å². The highest BCUT2D eigenvalue weighted by Crippen LogP contribution is 2.31. The van der Waals surface area contributed by atoms with Crippen molar-refractivity contribution in [2.45, 2.75) is 25.2 Å². The zero-order valence-electron chi connectivity index (χ0n) is 14.2. The average Bonchev–Trinajstić information content (AvgIpc) is 3.06. The van der Waals surface area contributed by atoms with Crippen molar-refractivity contribution < 1.29 is 27.8 Å². The SMILES string of the molecule is NCc1cc(Oc2cccc(C(=O)N3CCC(O)C3)c2)nc(C(F)(F)F)c1. The number of aliphatic hydroxyl groups excluding tert-OH is 1. The molecule has 1 aromatic heterocycles. The average molecular weight is 381 g/mol. The van der Waals surface area contributed by atoms with E-state index in [2.05, 4.69) is 4.98 Å². The second kappa shape index (κ2) is 7.53. The summed E-state index contributed by atoms with van der Waals surface area (Å²) in [7, 11) is 0. The number of pyridine rings is 1. The molecule has 2 heterocycles. The first-order chi connectivity index (χ1) is 12.8. The standard InChI is InChI=1S/C18H18F3N3O3/c19-18(20,21)15-6-11(9-22)7-16(23-15)27-14-3-1-2-12(8-14)17(26)24-5-4-13(25)10-24/h1-3,6-8,13,25H,4-5,9-10,22H2. The van der Waals surface area contributed by atoms with Crippen LogP contribution in [0.25, 0.3) is 0 Å². The van der Waals surface area contributed by atoms with Crippen molar-refractivity contribution in [2.75, 3.05) is 13.1 Å². The van der Waals surface area contributed by atoms with Crippen molar-refractivity contribution >= 4 is 5.91 Å². The van der Waals surface area contributed by atoms with Gasteiger partial charge in [-0.15, -0.1) is 0 Å². The Hall–Kier alpha value is -2.65. The molecule has 1 amide bonds. The number of carbonyl (C=O) groups is 1. The molecule has 27 heavy (non-hydrogen) atoms. The van der Waals surface area contributed by atoms with Crippen LogP contribution in [-0.4, -0.2) is 40.1 Å². The third kappa shape index (κ3) is 4.55. The number of hydrogen-bond acceptors (Lipinski definition) is 5. The Labute approximate surface area is 153 Å². The molecule has 3 N–H and O–H groups in total. The first-order valence-electron chi connectivity index (χ1n) is 8.30. The van der Waals surface area contributed by atoms with Gasteiger partial charge in [0, 0.05) is 31.3 Å². The fourth-order valence-corrected chi connectivity index (χ4v) is 2.80. The molecule has 1 saturated heterocycles. The smallest absolute Gasteiger partial charge is 0.433 e. The molecule has 3 rings (SSSR count). The molecular formula is C18H18F3N3O3. The van der Waals surface area contributed by atoms with Gasteiger partial charge in [0.05, 0.1) is 6.10 Å². The Morgan fingerprint density at radius 2 is 2.11 bits per heavy atom. The first-order valence-corrected chi connectivity index (χ1v) is 8.30. The molecule has 6 nitrogen and oxygen atoms in total. The fraction of sp³-hybridized carbons (Fsp3) is 0.333. The van der Waals surface area contributed by atoms with E-state index in [4.69, 9.17) is 10.5 Å². The number of aliphatic hydroxyl groups is 1. The second-order valence-corrected chi connectivity index (χ2v) is 6.22. The van der Waals surface area contributed by atoms with Gasteiger partial charge in [-0.05, 0) is 36.2 Å². The number of halogens is 3. The minimum absolute atomic E-state index is 0.0994. The number of amides is 1. The Balaban J connectivity index is 1.83. The van der Waals surface area contributed by atoms with Gasteiger partial charge in [0.1, 0.15) is 11.4 Å². The molecule has 1 aliphatic rings. The highest BCUT2D eigenvalue weighted by Gasteiger charge is 2.33. The van der Waals surface area contributed by atoms with Gasteiger partial charge in [0.15, 0.2) is 0 Å². The molecule has 2 aromatic rings. The first kappa shape index (κ1) is 19.1. The summed E-state index contributed by atoms with van der Waals surface area (Å²) in [4.78, 5) is 17.5. The van der Waals surface area contributed by atoms with Gasteiger partial charge < -0.3 is 20.5 Å². The molecule has 0 radical (unpaired) electrons. The number of nitrogens with zero attached hydrogens (tertiary/aromatic N) is 2. The molecule has 0 aliphatic carbocycles. The third-order valence-corrected chi connectivity index (χ3v) is 4.14. The van der Waals surface area contributed by atoms with Crippen molar-refractivity contribution in [3.63, 3.8) is 0 Å². The minimum atomic E-state index is -4.63. The predicted octanol–water partition coefficient (Wildman–Crippen LogP) is 2.56. The number of carbonyl (C=O) groups excluding carboxylic acids is 1. The summed E-state index contributed by atoms with van der Waals surface area (Å²) in [6.45, 7) is 0.594. The van der Waals surface area contributed by atoms with Crippen LogP contribution in [0.1, 0.15) is 28.0 Å². The lowest BCUT2D eigenvalue weighted by atomic mass is 10.2. The van der Waals surface area contributed by atoms with Crippen LogP contribution >= 0.6 is 0 Å². The van der Waals surface area contributed by atoms with E-state index < -0.39 is 18.0 Å². The number of nitrogens with two attached hydrogens (primary N) is 1. The van der Waals surface area contributed by atoms with E-state index >= 15 is 0 Å². The molecule has 9 heteroatoms. The van der Waals surface area contributed by atoms with Crippen LogP contribution in [0.4, 0.5) is 13.2 Å². The van der Waals surface area contributed by atoms with Crippen LogP contribution in [0.3, 0.4) is 0 Å². The van der Waals surface area contributed by atoms with Gasteiger partial charge in [-0.2, -0.15) is 13.2 Å². The maximum atomic E-state index is 13.0. The highest BCUT2D eigenvalue weighted by molar-refractivity contribution is 5.94. The van der Waals surface area contributed by atoms with E-state index in [0.29, 0.717) is 18.5 Å². The van der Waals surface area contributed by atoms with Gasteiger partial charge in [-0.3, -0.25) is 4.79 Å². The molecule has 1 aromatic carbocycles. The lowest BCUT2D eigenvalue weighted by Gasteiger charge is -2.16. The molecule has 1 atom stereocenters. The zero-order valence-corrected chi connectivity index (χ0v) is 14.2. The Bertz CT molecular complexity index is 842. The quantitative estimate of drug-likeness (QED) is 0.850. The van der Waals surface area contributed by atoms with Gasteiger partial charge in [-0.1, -0.05) is 6.07 Å². The zero-order chi connectivity index (χ0) is 19.6. The van der Waals surface area contributed by atoms with E-state index in [1.807, 2.05) is 0 Å². The van der Waals surface area contributed by atoms with E-state index in [1.54, 1.807) is 12.1 Å². The number of benzene rings is 1. The fourth-order valence-electron chi connectivity index (χ4n) is 2.80. The summed E-state index contributed by atoms with van der Waals surface area (Å²) in [5.41, 5.74) is 4.89. The molecule has 144 valence electrons. The summed E-state index contributed by atoms with van der Waals surface area (Å²) in [5.74, 6) is -0.362. The third-order valence-electron chi connectivity index (χ3n) is 4.14. The summed E-state index contributed by atoms with van der Waals surface area (Å²) in [6, 6.07) is 8.26. The number of β-amino-alcohol motifs (C(OH)–C–C–N with tert-alkyl or cyclic N) is 1. The molecule has 0 spiro atoms. The molecule has 1 unspecified atom stereocenters. The van der Waals surface area contributed by atoms with Crippen molar-refractivity contribution in [3.8, 4) is 11.6 Å². The van der Waals surface area contributed by atoms with E-state index in [1.165, 1.54) is 23.1 Å². The van der Waals surface area contributed by atoms with Crippen molar-refractivity contribution in [2.24, 2.45) is 5.73 Å². The number of aromatic nitrogens is 1. The number of rotatable bonds is 4. The topological polar surface area (TPSA) is 88.7 Å². The van der Waals surface area contributed by atoms with Gasteiger partial charge >= 0.3 is 6.18 Å². The van der Waals surface area contributed by atoms with E-state index in [-0.39, 0.29) is 36.2 Å². The Kier molecular flexibility index (Phi) is 5.33. The molecule has 1 fully saturated rings. The van der Waals surface area contributed by atoms with Crippen LogP contribution < -0.4 is 10.5 Å². The largest absolute Gasteiger partial charge is 0.439 e. The maximum Gasteiger partial charge on any atom is 0.433 e. The Morgan fingerprint density at radius 1 is 1.33 bits per heavy atom. The van der Waals surface area contributed by atoms with E-state index in [0.717, 1.165) is 6.07 Å². The van der Waals surface area contributed by atoms with Crippen LogP contribution in [0, 0.1) is 0 Å². The van der Waals surface area contributed by atoms with Crippen LogP contribution in [0.2, 0.25) is 0 Å². The van der Waals surface area contributed by atoms with Crippen LogP contribution in [-0.2, 0) is 12.7 Å². The summed E-state index contributed by atoms with van der Waals surface area (Å²) in [6.07, 6.45) is -4.66. The lowest BCUT2D eigenvalue weighted by Crippen LogP contribution is -2.29.